The minimum absolute atomic E-state index is 0.530. The zero-order valence-corrected chi connectivity index (χ0v) is 4.61. The topological polar surface area (TPSA) is 9.23 Å². The number of hydrogen-bond donors (Lipinski definition) is 0. The second kappa shape index (κ2) is 4.11. The van der Waals surface area contributed by atoms with Crippen molar-refractivity contribution >= 4 is 10.1 Å². The van der Waals surface area contributed by atoms with E-state index in [1.54, 1.807) is 6.92 Å². The number of halogens is 1. The highest BCUT2D eigenvalue weighted by atomic mass is 28.3. The smallest absolute Gasteiger partial charge is 0.353 e. The summed E-state index contributed by atoms with van der Waals surface area (Å²) in [4.78, 5) is 0. The van der Waals surface area contributed by atoms with Gasteiger partial charge in [-0.05, 0) is 6.92 Å². The number of hydrogen-bond acceptors (Lipinski definition) is 1. The van der Waals surface area contributed by atoms with Gasteiger partial charge in [-0.1, -0.05) is 0 Å². The van der Waals surface area contributed by atoms with E-state index in [9.17, 15) is 4.11 Å². The fourth-order valence-electron chi connectivity index (χ4n) is 0.0772. The summed E-state index contributed by atoms with van der Waals surface area (Å²) < 4.78 is 15.2. The molecular weight excluding hydrogens is 87.1 g/mol. The average Bonchev–Trinajstić information content (AvgIpc) is 1.41. The Balaban J connectivity index is 2.19. The van der Waals surface area contributed by atoms with Crippen molar-refractivity contribution < 1.29 is 8.53 Å². The quantitative estimate of drug-likeness (QED) is 0.345. The lowest BCUT2D eigenvalue weighted by molar-refractivity contribution is 0.333. The fraction of sp³-hybridized carbons (Fsp3) is 1.00. The Hall–Kier alpha value is 0.107. The molecule has 0 atom stereocenters. The van der Waals surface area contributed by atoms with Crippen LogP contribution in [-0.4, -0.2) is 16.7 Å². The standard InChI is InChI=1S/C2H7FOSi/c1-2-4-5-3/h2,5H2,1H3. The van der Waals surface area contributed by atoms with Crippen molar-refractivity contribution in [2.24, 2.45) is 0 Å². The third-order valence-corrected chi connectivity index (χ3v) is 0.844. The first-order valence-corrected chi connectivity index (χ1v) is 2.66. The third kappa shape index (κ3) is 4.11. The summed E-state index contributed by atoms with van der Waals surface area (Å²) in [5, 5.41) is 0. The molecule has 0 saturated heterocycles. The van der Waals surface area contributed by atoms with E-state index in [1.807, 2.05) is 0 Å². The van der Waals surface area contributed by atoms with Crippen LogP contribution in [0, 0.1) is 0 Å². The van der Waals surface area contributed by atoms with Crippen LogP contribution in [0.2, 0.25) is 0 Å². The van der Waals surface area contributed by atoms with E-state index in [0.29, 0.717) is 6.61 Å². The lowest BCUT2D eigenvalue weighted by atomic mass is 10.9. The molecule has 1 nitrogen and oxygen atoms in total. The summed E-state index contributed by atoms with van der Waals surface area (Å²) >= 11 is 0. The highest BCUT2D eigenvalue weighted by Crippen LogP contribution is 1.63. The summed E-state index contributed by atoms with van der Waals surface area (Å²) in [7, 11) is -1.59. The Kier molecular flexibility index (Phi) is 4.19. The largest absolute Gasteiger partial charge is 0.396 e. The number of rotatable bonds is 2. The zero-order chi connectivity index (χ0) is 4.12. The molecule has 5 heavy (non-hydrogen) atoms. The van der Waals surface area contributed by atoms with Gasteiger partial charge < -0.3 is 4.43 Å². The molecule has 0 aliphatic heterocycles. The molecule has 0 radical (unpaired) electrons. The molecular formula is C2H7FOSi. The molecule has 0 amide bonds. The van der Waals surface area contributed by atoms with Gasteiger partial charge >= 0.3 is 10.1 Å². The zero-order valence-electron chi connectivity index (χ0n) is 3.20. The lowest BCUT2D eigenvalue weighted by Gasteiger charge is -1.82. The molecule has 0 unspecified atom stereocenters. The summed E-state index contributed by atoms with van der Waals surface area (Å²) in [6.45, 7) is 2.31. The predicted molar refractivity (Wildman–Crippen MR) is 21.3 cm³/mol. The van der Waals surface area contributed by atoms with Crippen molar-refractivity contribution in [3.8, 4) is 0 Å². The first kappa shape index (κ1) is 5.11. The third-order valence-electron chi connectivity index (χ3n) is 0.281. The van der Waals surface area contributed by atoms with Gasteiger partial charge in [0.1, 0.15) is 0 Å². The van der Waals surface area contributed by atoms with Crippen LogP contribution in [0.5, 0.6) is 0 Å². The maximum absolute atomic E-state index is 10.9. The van der Waals surface area contributed by atoms with Crippen LogP contribution < -0.4 is 0 Å². The van der Waals surface area contributed by atoms with Gasteiger partial charge in [0, 0.05) is 6.61 Å². The van der Waals surface area contributed by atoms with Crippen molar-refractivity contribution in [3.63, 3.8) is 0 Å². The van der Waals surface area contributed by atoms with E-state index in [0.717, 1.165) is 0 Å². The molecule has 0 fully saturated rings. The molecule has 0 aromatic carbocycles. The Morgan fingerprint density at radius 3 is 2.60 bits per heavy atom. The average molecular weight is 94.2 g/mol. The Bertz CT molecular complexity index is 17.1. The van der Waals surface area contributed by atoms with Crippen molar-refractivity contribution in [3.05, 3.63) is 0 Å². The monoisotopic (exact) mass is 94.0 g/mol. The minimum Gasteiger partial charge on any atom is -0.396 e. The Labute approximate surface area is 33.3 Å². The van der Waals surface area contributed by atoms with Gasteiger partial charge in [-0.25, -0.2) is 0 Å². The van der Waals surface area contributed by atoms with Crippen molar-refractivity contribution in [2.45, 2.75) is 6.92 Å². The predicted octanol–water partition coefficient (Wildman–Crippen LogP) is -0.00880. The molecule has 0 heterocycles. The molecule has 0 aliphatic carbocycles. The fourth-order valence-corrected chi connectivity index (χ4v) is 0.231. The van der Waals surface area contributed by atoms with Crippen LogP contribution in [-0.2, 0) is 4.43 Å². The van der Waals surface area contributed by atoms with Crippen LogP contribution in [0.25, 0.3) is 0 Å². The molecule has 32 valence electrons. The minimum atomic E-state index is -1.59. The van der Waals surface area contributed by atoms with E-state index in [4.69, 9.17) is 0 Å². The highest BCUT2D eigenvalue weighted by Gasteiger charge is 1.70. The maximum atomic E-state index is 10.9. The lowest BCUT2D eigenvalue weighted by Crippen LogP contribution is -1.87. The van der Waals surface area contributed by atoms with Crippen molar-refractivity contribution in [1.82, 2.24) is 0 Å². The second-order valence-corrected chi connectivity index (χ2v) is 1.23. The van der Waals surface area contributed by atoms with E-state index in [-0.39, 0.29) is 0 Å². The van der Waals surface area contributed by atoms with Crippen LogP contribution >= 0.6 is 0 Å². The molecule has 0 aliphatic rings. The maximum Gasteiger partial charge on any atom is 0.353 e. The second-order valence-electron chi connectivity index (χ2n) is 0.602. The van der Waals surface area contributed by atoms with Gasteiger partial charge in [0.15, 0.2) is 0 Å². The summed E-state index contributed by atoms with van der Waals surface area (Å²) in [5.41, 5.74) is 0. The molecule has 0 bridgehead atoms. The van der Waals surface area contributed by atoms with E-state index < -0.39 is 10.1 Å². The Morgan fingerprint density at radius 1 is 2.00 bits per heavy atom. The molecule has 0 aromatic heterocycles. The van der Waals surface area contributed by atoms with Gasteiger partial charge in [0.25, 0.3) is 0 Å². The molecule has 0 N–H and O–H groups in total. The summed E-state index contributed by atoms with van der Waals surface area (Å²) in [6, 6.07) is 0. The van der Waals surface area contributed by atoms with Gasteiger partial charge in [0.05, 0.1) is 0 Å². The van der Waals surface area contributed by atoms with Crippen LogP contribution in [0.3, 0.4) is 0 Å². The first-order chi connectivity index (χ1) is 2.41. The van der Waals surface area contributed by atoms with E-state index in [1.165, 1.54) is 0 Å². The molecule has 0 saturated carbocycles. The van der Waals surface area contributed by atoms with Crippen LogP contribution in [0.1, 0.15) is 6.92 Å². The van der Waals surface area contributed by atoms with Crippen LogP contribution in [0.4, 0.5) is 4.11 Å². The SMILES string of the molecule is CCO[SiH2]F. The van der Waals surface area contributed by atoms with Crippen LogP contribution in [0.15, 0.2) is 0 Å². The van der Waals surface area contributed by atoms with Gasteiger partial charge in [0.2, 0.25) is 0 Å². The normalized spacial score (nSPS) is 10.8. The molecule has 3 heteroatoms. The van der Waals surface area contributed by atoms with Gasteiger partial charge in [-0.2, -0.15) is 0 Å². The van der Waals surface area contributed by atoms with Crippen molar-refractivity contribution in [2.75, 3.05) is 6.61 Å². The summed E-state index contributed by atoms with van der Waals surface area (Å²) in [6.07, 6.45) is 0. The summed E-state index contributed by atoms with van der Waals surface area (Å²) in [5.74, 6) is 0. The van der Waals surface area contributed by atoms with Crippen molar-refractivity contribution in [1.29, 1.82) is 0 Å². The Morgan fingerprint density at radius 2 is 2.60 bits per heavy atom. The highest BCUT2D eigenvalue weighted by molar-refractivity contribution is 6.16. The van der Waals surface area contributed by atoms with E-state index >= 15 is 0 Å². The van der Waals surface area contributed by atoms with E-state index in [2.05, 4.69) is 4.43 Å². The van der Waals surface area contributed by atoms with Gasteiger partial charge in [-0.15, -0.1) is 0 Å². The first-order valence-electron chi connectivity index (χ1n) is 1.55. The molecule has 0 rings (SSSR count). The molecule has 0 aromatic rings. The van der Waals surface area contributed by atoms with Gasteiger partial charge in [-0.3, -0.25) is 4.11 Å². The molecule has 0 spiro atoms.